The highest BCUT2D eigenvalue weighted by molar-refractivity contribution is 7.26. The van der Waals surface area contributed by atoms with E-state index in [4.69, 9.17) is 19.4 Å². The Kier molecular flexibility index (Phi) is 8.36. The van der Waals surface area contributed by atoms with Gasteiger partial charge < -0.3 is 4.42 Å². The van der Waals surface area contributed by atoms with Crippen LogP contribution in [0, 0.1) is 0 Å². The largest absolute Gasteiger partial charge is 0.455 e. The Labute approximate surface area is 372 Å². The van der Waals surface area contributed by atoms with Crippen molar-refractivity contribution in [3.63, 3.8) is 0 Å². The molecule has 0 aliphatic rings. The van der Waals surface area contributed by atoms with Crippen LogP contribution >= 0.6 is 11.3 Å². The second-order valence-corrected chi connectivity index (χ2v) is 17.3. The van der Waals surface area contributed by atoms with Crippen molar-refractivity contribution in [2.24, 2.45) is 0 Å². The van der Waals surface area contributed by atoms with E-state index in [0.29, 0.717) is 5.82 Å². The summed E-state index contributed by atoms with van der Waals surface area (Å²) in [7, 11) is 0. The van der Waals surface area contributed by atoms with E-state index in [9.17, 15) is 0 Å². The molecule has 13 aromatic rings. The van der Waals surface area contributed by atoms with Crippen LogP contribution in [-0.4, -0.2) is 15.0 Å². The average molecular weight is 834 g/mol. The van der Waals surface area contributed by atoms with E-state index >= 15 is 0 Å². The van der Waals surface area contributed by atoms with Crippen molar-refractivity contribution in [2.75, 3.05) is 0 Å². The number of thiophene rings is 1. The second-order valence-electron chi connectivity index (χ2n) is 16.3. The Bertz CT molecular complexity index is 3960. The molecule has 5 heteroatoms. The van der Waals surface area contributed by atoms with Gasteiger partial charge in [-0.3, -0.25) is 0 Å². The number of aromatic nitrogens is 3. The van der Waals surface area contributed by atoms with Crippen LogP contribution in [0.2, 0.25) is 0 Å². The number of hydrogen-bond acceptors (Lipinski definition) is 5. The van der Waals surface area contributed by atoms with Crippen molar-refractivity contribution in [2.45, 2.75) is 0 Å². The SMILES string of the molecule is c1ccc(-c2nc(-c3ccc(-c4cccc5c4oc4ccccc45)cc3)cc(-c3cccc(-c4cccc5nc(-c6cccc7ccccc67)c6sc7ccccc7c6c45)c3)n2)cc1. The van der Waals surface area contributed by atoms with Crippen LogP contribution in [0.15, 0.2) is 217 Å². The smallest absolute Gasteiger partial charge is 0.160 e. The normalized spacial score (nSPS) is 11.8. The molecule has 0 atom stereocenters. The van der Waals surface area contributed by atoms with Gasteiger partial charge in [-0.05, 0) is 57.8 Å². The van der Waals surface area contributed by atoms with Gasteiger partial charge in [0.2, 0.25) is 0 Å². The number of para-hydroxylation sites is 2. The fourth-order valence-electron chi connectivity index (χ4n) is 9.48. The number of benzene rings is 9. The first-order valence-corrected chi connectivity index (χ1v) is 22.3. The van der Waals surface area contributed by atoms with E-state index in [2.05, 4.69) is 182 Å². The lowest BCUT2D eigenvalue weighted by molar-refractivity contribution is 0.670. The van der Waals surface area contributed by atoms with E-state index in [1.165, 1.54) is 30.9 Å². The lowest BCUT2D eigenvalue weighted by Crippen LogP contribution is -1.96. The quantitative estimate of drug-likeness (QED) is 0.167. The summed E-state index contributed by atoms with van der Waals surface area (Å²) >= 11 is 1.83. The van der Waals surface area contributed by atoms with Crippen molar-refractivity contribution in [3.05, 3.63) is 212 Å². The maximum absolute atomic E-state index is 6.40. The third kappa shape index (κ3) is 5.93. The Balaban J connectivity index is 0.955. The summed E-state index contributed by atoms with van der Waals surface area (Å²) in [5, 5.41) is 8.29. The standard InChI is InChI=1S/C59H35N3OS/c1-2-15-39(16-3-1)59-61-50(38-32-30-37(31-33-38)44-24-12-26-47-45-21-6-8-28-52(45)63-57(44)47)35-51(62-59)41-19-10-18-40(34-41)43-23-13-27-49-54(43)55-48-22-7-9-29-53(48)64-58(55)56(60-49)46-25-11-17-36-14-4-5-20-42(36)46/h1-35H. The van der Waals surface area contributed by atoms with Crippen molar-refractivity contribution >= 4 is 75.1 Å². The molecule has 0 aliphatic carbocycles. The van der Waals surface area contributed by atoms with Crippen LogP contribution in [0.4, 0.5) is 0 Å². The van der Waals surface area contributed by atoms with Crippen LogP contribution in [-0.2, 0) is 0 Å². The Hall–Kier alpha value is -8.25. The first-order chi connectivity index (χ1) is 31.7. The third-order valence-corrected chi connectivity index (χ3v) is 13.7. The number of fused-ring (bicyclic) bond motifs is 9. The van der Waals surface area contributed by atoms with Gasteiger partial charge in [-0.1, -0.05) is 182 Å². The van der Waals surface area contributed by atoms with Gasteiger partial charge in [0.1, 0.15) is 11.2 Å². The average Bonchev–Trinajstić information content (AvgIpc) is 3.95. The van der Waals surface area contributed by atoms with Crippen LogP contribution in [0.5, 0.6) is 0 Å². The molecule has 64 heavy (non-hydrogen) atoms. The first-order valence-electron chi connectivity index (χ1n) is 21.5. The molecule has 0 unspecified atom stereocenters. The predicted octanol–water partition coefficient (Wildman–Crippen LogP) is 16.4. The number of hydrogen-bond donors (Lipinski definition) is 0. The van der Waals surface area contributed by atoms with Crippen molar-refractivity contribution in [1.29, 1.82) is 0 Å². The highest BCUT2D eigenvalue weighted by Gasteiger charge is 2.21. The lowest BCUT2D eigenvalue weighted by atomic mass is 9.93. The third-order valence-electron chi connectivity index (χ3n) is 12.5. The zero-order chi connectivity index (χ0) is 42.1. The topological polar surface area (TPSA) is 51.8 Å². The molecule has 0 aliphatic heterocycles. The minimum Gasteiger partial charge on any atom is -0.455 e. The van der Waals surface area contributed by atoms with Crippen LogP contribution in [0.25, 0.3) is 131 Å². The molecule has 9 aromatic carbocycles. The van der Waals surface area contributed by atoms with Gasteiger partial charge in [-0.15, -0.1) is 11.3 Å². The minimum atomic E-state index is 0.677. The Morgan fingerprint density at radius 1 is 0.375 bits per heavy atom. The molecule has 4 heterocycles. The van der Waals surface area contributed by atoms with Crippen LogP contribution in [0.1, 0.15) is 0 Å². The molecule has 298 valence electrons. The zero-order valence-electron chi connectivity index (χ0n) is 34.4. The van der Waals surface area contributed by atoms with Gasteiger partial charge in [-0.25, -0.2) is 15.0 Å². The van der Waals surface area contributed by atoms with Crippen molar-refractivity contribution < 1.29 is 4.42 Å². The molecule has 0 amide bonds. The maximum atomic E-state index is 6.40. The summed E-state index contributed by atoms with van der Waals surface area (Å²) in [6.45, 7) is 0. The second kappa shape index (κ2) is 14.7. The molecular weight excluding hydrogens is 799 g/mol. The van der Waals surface area contributed by atoms with Crippen molar-refractivity contribution in [1.82, 2.24) is 15.0 Å². The molecule has 0 saturated heterocycles. The molecule has 0 N–H and O–H groups in total. The fraction of sp³-hybridized carbons (Fsp3) is 0. The zero-order valence-corrected chi connectivity index (χ0v) is 35.2. The number of pyridine rings is 1. The monoisotopic (exact) mass is 833 g/mol. The molecule has 4 nitrogen and oxygen atoms in total. The summed E-state index contributed by atoms with van der Waals surface area (Å²) in [4.78, 5) is 15.9. The summed E-state index contributed by atoms with van der Waals surface area (Å²) in [6, 6.07) is 74.8. The van der Waals surface area contributed by atoms with Gasteiger partial charge in [-0.2, -0.15) is 0 Å². The van der Waals surface area contributed by atoms with Gasteiger partial charge in [0.25, 0.3) is 0 Å². The van der Waals surface area contributed by atoms with Crippen LogP contribution < -0.4 is 0 Å². The van der Waals surface area contributed by atoms with Gasteiger partial charge in [0, 0.05) is 59.4 Å². The van der Waals surface area contributed by atoms with E-state index in [-0.39, 0.29) is 0 Å². The molecular formula is C59H35N3OS. The summed E-state index contributed by atoms with van der Waals surface area (Å²) in [5.41, 5.74) is 14.0. The minimum absolute atomic E-state index is 0.677. The molecule has 0 saturated carbocycles. The Morgan fingerprint density at radius 3 is 1.89 bits per heavy atom. The van der Waals surface area contributed by atoms with Gasteiger partial charge in [0.05, 0.1) is 27.3 Å². The molecule has 4 aromatic heterocycles. The Morgan fingerprint density at radius 2 is 1.00 bits per heavy atom. The van der Waals surface area contributed by atoms with Gasteiger partial charge >= 0.3 is 0 Å². The highest BCUT2D eigenvalue weighted by atomic mass is 32.1. The van der Waals surface area contributed by atoms with E-state index in [1.54, 1.807) is 0 Å². The molecule has 0 fully saturated rings. The number of furan rings is 1. The molecule has 13 rings (SSSR count). The fourth-order valence-corrected chi connectivity index (χ4v) is 10.7. The predicted molar refractivity (Wildman–Crippen MR) is 268 cm³/mol. The molecule has 0 spiro atoms. The highest BCUT2D eigenvalue weighted by Crippen LogP contribution is 2.47. The van der Waals surface area contributed by atoms with E-state index < -0.39 is 0 Å². The van der Waals surface area contributed by atoms with Crippen LogP contribution in [0.3, 0.4) is 0 Å². The maximum Gasteiger partial charge on any atom is 0.160 e. The van der Waals surface area contributed by atoms with E-state index in [1.807, 2.05) is 41.7 Å². The number of rotatable bonds is 6. The summed E-state index contributed by atoms with van der Waals surface area (Å²) < 4.78 is 8.84. The first kappa shape index (κ1) is 36.4. The summed E-state index contributed by atoms with van der Waals surface area (Å²) in [6.07, 6.45) is 0. The molecule has 0 bridgehead atoms. The van der Waals surface area contributed by atoms with Crippen molar-refractivity contribution in [3.8, 4) is 67.4 Å². The number of nitrogens with zero attached hydrogens (tertiary/aromatic N) is 3. The summed E-state index contributed by atoms with van der Waals surface area (Å²) in [5.74, 6) is 0.677. The van der Waals surface area contributed by atoms with Gasteiger partial charge in [0.15, 0.2) is 5.82 Å². The van der Waals surface area contributed by atoms with E-state index in [0.717, 1.165) is 94.4 Å². The molecule has 0 radical (unpaired) electrons. The lowest BCUT2D eigenvalue weighted by Gasteiger charge is -2.14.